The molecule has 1 fully saturated rings. The molecule has 0 radical (unpaired) electrons. The molecule has 162 valence electrons. The van der Waals surface area contributed by atoms with Gasteiger partial charge in [-0.3, -0.25) is 14.7 Å². The van der Waals surface area contributed by atoms with Gasteiger partial charge in [-0.1, -0.05) is 29.8 Å². The van der Waals surface area contributed by atoms with Gasteiger partial charge in [-0.15, -0.1) is 11.3 Å². The van der Waals surface area contributed by atoms with E-state index in [0.717, 1.165) is 67.5 Å². The SMILES string of the molecule is O=C(C[C@H]1CC[C@H](CCN2CCc3sc(Cl)nc3C2)OC1)c1cccc2ncccc12. The van der Waals surface area contributed by atoms with Gasteiger partial charge < -0.3 is 4.74 Å². The van der Waals surface area contributed by atoms with Crippen LogP contribution in [0.1, 0.15) is 46.6 Å². The Balaban J connectivity index is 1.10. The Kier molecular flexibility index (Phi) is 6.32. The Morgan fingerprint density at radius 2 is 2.19 bits per heavy atom. The summed E-state index contributed by atoms with van der Waals surface area (Å²) in [6.45, 7) is 3.65. The minimum absolute atomic E-state index is 0.191. The van der Waals surface area contributed by atoms with E-state index in [2.05, 4.69) is 14.9 Å². The van der Waals surface area contributed by atoms with Gasteiger partial charge in [0.05, 0.1) is 23.9 Å². The van der Waals surface area contributed by atoms with Crippen LogP contribution < -0.4 is 0 Å². The normalized spacial score (nSPS) is 21.8. The Bertz CT molecular complexity index is 1070. The number of aromatic nitrogens is 2. The second kappa shape index (κ2) is 9.33. The largest absolute Gasteiger partial charge is 0.378 e. The molecule has 2 aromatic heterocycles. The van der Waals surface area contributed by atoms with E-state index in [1.54, 1.807) is 17.5 Å². The number of benzene rings is 1. The smallest absolute Gasteiger partial charge is 0.184 e. The van der Waals surface area contributed by atoms with E-state index in [9.17, 15) is 4.79 Å². The van der Waals surface area contributed by atoms with Crippen LogP contribution in [0, 0.1) is 5.92 Å². The fourth-order valence-corrected chi connectivity index (χ4v) is 5.87. The highest BCUT2D eigenvalue weighted by Crippen LogP contribution is 2.29. The Labute approximate surface area is 191 Å². The Morgan fingerprint density at radius 1 is 1.26 bits per heavy atom. The van der Waals surface area contributed by atoms with Crippen LogP contribution in [0.5, 0.6) is 0 Å². The summed E-state index contributed by atoms with van der Waals surface area (Å²) in [5, 5.41) is 0.940. The van der Waals surface area contributed by atoms with Crippen LogP contribution in [0.15, 0.2) is 36.5 Å². The molecule has 4 heterocycles. The number of rotatable bonds is 6. The molecule has 0 bridgehead atoms. The molecule has 2 atom stereocenters. The highest BCUT2D eigenvalue weighted by molar-refractivity contribution is 7.15. The van der Waals surface area contributed by atoms with Crippen LogP contribution >= 0.6 is 22.9 Å². The standard InChI is InChI=1S/C24H26ClN3O2S/c25-24-27-21-14-28(12-9-23(21)31-24)11-8-17-7-6-16(15-30-17)13-22(29)19-3-1-5-20-18(19)4-2-10-26-20/h1-5,10,16-17H,6-9,11-15H2/t16-,17-/m1/s1. The van der Waals surface area contributed by atoms with Crippen LogP contribution in [0.25, 0.3) is 10.9 Å². The number of ketones is 1. The van der Waals surface area contributed by atoms with Gasteiger partial charge in [0, 0.05) is 48.1 Å². The zero-order valence-electron chi connectivity index (χ0n) is 17.4. The van der Waals surface area contributed by atoms with Crippen molar-refractivity contribution >= 4 is 39.6 Å². The van der Waals surface area contributed by atoms with Crippen molar-refractivity contribution in [2.45, 2.75) is 44.8 Å². The number of halogens is 1. The number of Topliss-reactive ketones (excluding diaryl/α,β-unsaturated/α-hetero) is 1. The molecule has 0 N–H and O–H groups in total. The van der Waals surface area contributed by atoms with E-state index in [0.29, 0.717) is 23.4 Å². The zero-order valence-corrected chi connectivity index (χ0v) is 19.0. The predicted molar refractivity (Wildman–Crippen MR) is 124 cm³/mol. The summed E-state index contributed by atoms with van der Waals surface area (Å²) in [4.78, 5) is 25.5. The number of carbonyl (C=O) groups excluding carboxylic acids is 1. The van der Waals surface area contributed by atoms with E-state index in [4.69, 9.17) is 16.3 Å². The van der Waals surface area contributed by atoms with Crippen molar-refractivity contribution in [3.63, 3.8) is 0 Å². The molecule has 5 rings (SSSR count). The Hall–Kier alpha value is -1.86. The molecule has 7 heteroatoms. The lowest BCUT2D eigenvalue weighted by Crippen LogP contribution is -2.35. The average molecular weight is 456 g/mol. The summed E-state index contributed by atoms with van der Waals surface area (Å²) in [6.07, 6.45) is 6.73. The fourth-order valence-electron chi connectivity index (χ4n) is 4.71. The summed E-state index contributed by atoms with van der Waals surface area (Å²) < 4.78 is 6.81. The molecule has 0 amide bonds. The van der Waals surface area contributed by atoms with Gasteiger partial charge >= 0.3 is 0 Å². The van der Waals surface area contributed by atoms with Crippen molar-refractivity contribution in [3.05, 3.63) is 57.1 Å². The molecule has 3 aromatic rings. The number of fused-ring (bicyclic) bond motifs is 2. The maximum Gasteiger partial charge on any atom is 0.184 e. The fraction of sp³-hybridized carbons (Fsp3) is 0.458. The van der Waals surface area contributed by atoms with Crippen molar-refractivity contribution < 1.29 is 9.53 Å². The average Bonchev–Trinajstić information content (AvgIpc) is 3.17. The molecule has 0 spiro atoms. The van der Waals surface area contributed by atoms with Crippen LogP contribution in [-0.2, 0) is 17.7 Å². The van der Waals surface area contributed by atoms with Crippen molar-refractivity contribution in [2.24, 2.45) is 5.92 Å². The first-order valence-corrected chi connectivity index (χ1v) is 12.2. The minimum Gasteiger partial charge on any atom is -0.378 e. The first-order chi connectivity index (χ1) is 15.2. The molecule has 1 aromatic carbocycles. The van der Waals surface area contributed by atoms with Crippen molar-refractivity contribution in [2.75, 3.05) is 19.7 Å². The van der Waals surface area contributed by atoms with Crippen LogP contribution in [0.2, 0.25) is 4.47 Å². The third-order valence-corrected chi connectivity index (χ3v) is 7.69. The maximum atomic E-state index is 12.9. The number of hydrogen-bond acceptors (Lipinski definition) is 6. The van der Waals surface area contributed by atoms with Gasteiger partial charge in [-0.05, 0) is 43.7 Å². The van der Waals surface area contributed by atoms with Crippen LogP contribution in [-0.4, -0.2) is 46.5 Å². The Morgan fingerprint density at radius 3 is 3.06 bits per heavy atom. The molecule has 2 aliphatic heterocycles. The van der Waals surface area contributed by atoms with E-state index in [1.807, 2.05) is 30.3 Å². The molecular weight excluding hydrogens is 430 g/mol. The number of carbonyl (C=O) groups is 1. The monoisotopic (exact) mass is 455 g/mol. The third-order valence-electron chi connectivity index (χ3n) is 6.43. The van der Waals surface area contributed by atoms with E-state index in [-0.39, 0.29) is 11.9 Å². The topological polar surface area (TPSA) is 55.3 Å². The number of nitrogens with zero attached hydrogens (tertiary/aromatic N) is 3. The molecule has 2 aliphatic rings. The summed E-state index contributed by atoms with van der Waals surface area (Å²) in [7, 11) is 0. The molecule has 0 unspecified atom stereocenters. The lowest BCUT2D eigenvalue weighted by atomic mass is 9.90. The summed E-state index contributed by atoms with van der Waals surface area (Å²) in [5.74, 6) is 0.488. The quantitative estimate of drug-likeness (QED) is 0.480. The van der Waals surface area contributed by atoms with Gasteiger partial charge in [0.1, 0.15) is 0 Å². The second-order valence-electron chi connectivity index (χ2n) is 8.55. The van der Waals surface area contributed by atoms with Crippen molar-refractivity contribution in [1.82, 2.24) is 14.9 Å². The highest BCUT2D eigenvalue weighted by Gasteiger charge is 2.26. The second-order valence-corrected chi connectivity index (χ2v) is 10.2. The van der Waals surface area contributed by atoms with E-state index < -0.39 is 0 Å². The first-order valence-electron chi connectivity index (χ1n) is 11.0. The number of hydrogen-bond donors (Lipinski definition) is 0. The third kappa shape index (κ3) is 4.82. The van der Waals surface area contributed by atoms with Gasteiger partial charge in [0.2, 0.25) is 0 Å². The van der Waals surface area contributed by atoms with Crippen molar-refractivity contribution in [1.29, 1.82) is 0 Å². The lowest BCUT2D eigenvalue weighted by Gasteiger charge is -2.31. The van der Waals surface area contributed by atoms with Crippen LogP contribution in [0.4, 0.5) is 0 Å². The molecule has 1 saturated heterocycles. The molecule has 0 aliphatic carbocycles. The van der Waals surface area contributed by atoms with Crippen LogP contribution in [0.3, 0.4) is 0 Å². The number of thiazole rings is 1. The molecular formula is C24H26ClN3O2S. The minimum atomic E-state index is 0.191. The van der Waals surface area contributed by atoms with Gasteiger partial charge in [0.15, 0.2) is 10.3 Å². The van der Waals surface area contributed by atoms with Crippen molar-refractivity contribution in [3.8, 4) is 0 Å². The predicted octanol–water partition coefficient (Wildman–Crippen LogP) is 5.16. The van der Waals surface area contributed by atoms with E-state index >= 15 is 0 Å². The number of pyridine rings is 1. The van der Waals surface area contributed by atoms with Gasteiger partial charge in [-0.25, -0.2) is 4.98 Å². The molecule has 0 saturated carbocycles. The molecule has 31 heavy (non-hydrogen) atoms. The van der Waals surface area contributed by atoms with Gasteiger partial charge in [-0.2, -0.15) is 0 Å². The van der Waals surface area contributed by atoms with E-state index in [1.165, 1.54) is 4.88 Å². The first kappa shape index (κ1) is 21.0. The summed E-state index contributed by atoms with van der Waals surface area (Å²) in [5.41, 5.74) is 2.80. The maximum absolute atomic E-state index is 12.9. The molecule has 5 nitrogen and oxygen atoms in total. The zero-order chi connectivity index (χ0) is 21.2. The summed E-state index contributed by atoms with van der Waals surface area (Å²) >= 11 is 7.67. The highest BCUT2D eigenvalue weighted by atomic mass is 35.5. The summed E-state index contributed by atoms with van der Waals surface area (Å²) in [6, 6.07) is 9.65. The lowest BCUT2D eigenvalue weighted by molar-refractivity contribution is -0.0248. The van der Waals surface area contributed by atoms with Gasteiger partial charge in [0.25, 0.3) is 0 Å². The number of ether oxygens (including phenoxy) is 1.